The van der Waals surface area contributed by atoms with Gasteiger partial charge in [-0.1, -0.05) is 33.6 Å². The number of hydrogen-bond acceptors (Lipinski definition) is 12. The summed E-state index contributed by atoms with van der Waals surface area (Å²) in [5, 5.41) is 11.9. The second-order valence-electron chi connectivity index (χ2n) is 33.0. The molecule has 12 aromatic rings. The molecule has 1 aliphatic carbocycles. The van der Waals surface area contributed by atoms with E-state index >= 15 is 0 Å². The van der Waals surface area contributed by atoms with E-state index in [-0.39, 0.29) is 46.3 Å². The first-order valence-electron chi connectivity index (χ1n) is 41.6. The molecule has 16 rings (SSSR count). The quantitative estimate of drug-likeness (QED) is 0.0424. The van der Waals surface area contributed by atoms with Gasteiger partial charge in [0.2, 0.25) is 0 Å². The molecule has 4 aromatic heterocycles. The Morgan fingerprint density at radius 2 is 0.593 bits per heavy atom. The Morgan fingerprint density at radius 1 is 0.327 bits per heavy atom. The van der Waals surface area contributed by atoms with Crippen LogP contribution in [0.4, 0.5) is 0 Å². The van der Waals surface area contributed by atoms with Gasteiger partial charge in [0.05, 0.1) is 0 Å². The molecule has 0 amide bonds. The Hall–Kier alpha value is -9.84. The van der Waals surface area contributed by atoms with Crippen LogP contribution in [0.5, 0.6) is 0 Å². The van der Waals surface area contributed by atoms with Gasteiger partial charge in [-0.25, -0.2) is 0 Å². The van der Waals surface area contributed by atoms with E-state index in [0.717, 1.165) is 194 Å². The van der Waals surface area contributed by atoms with Crippen LogP contribution in [0.25, 0.3) is 87.2 Å². The molecule has 1 saturated carbocycles. The van der Waals surface area contributed by atoms with Crippen LogP contribution in [0.1, 0.15) is 242 Å². The fourth-order valence-electron chi connectivity index (χ4n) is 18.0. The lowest BCUT2D eigenvalue weighted by molar-refractivity contribution is 0.100. The summed E-state index contributed by atoms with van der Waals surface area (Å²) in [5.74, 6) is 2.29. The second kappa shape index (κ2) is 36.1. The van der Waals surface area contributed by atoms with Crippen molar-refractivity contribution in [2.24, 2.45) is 11.8 Å². The van der Waals surface area contributed by atoms with Crippen molar-refractivity contribution in [1.82, 2.24) is 38.3 Å². The van der Waals surface area contributed by atoms with Crippen LogP contribution < -0.4 is 5.32 Å². The maximum atomic E-state index is 11.9. The first-order valence-corrected chi connectivity index (χ1v) is 41.6. The van der Waals surface area contributed by atoms with Crippen molar-refractivity contribution in [1.29, 1.82) is 0 Å². The number of Topliss-reactive ketones (excluding diaryl/α,β-unsaturated/α-hetero) is 8. The number of carbonyl (C=O) groups is 8. The van der Waals surface area contributed by atoms with Gasteiger partial charge >= 0.3 is 0 Å². The molecule has 4 fully saturated rings. The molecule has 2 unspecified atom stereocenters. The van der Waals surface area contributed by atoms with Gasteiger partial charge in [0, 0.05) is 183 Å². The van der Waals surface area contributed by atoms with Gasteiger partial charge in [-0.05, 0) is 329 Å². The number of aromatic nitrogens is 4. The number of piperidine rings is 2. The number of rotatable bonds is 25. The highest BCUT2D eigenvalue weighted by Crippen LogP contribution is 2.39. The van der Waals surface area contributed by atoms with Crippen molar-refractivity contribution < 1.29 is 38.4 Å². The molecule has 0 spiro atoms. The molecule has 8 aromatic carbocycles. The molecule has 16 nitrogen and oxygen atoms in total. The molecular formula is C97H114N8O8. The molecule has 113 heavy (non-hydrogen) atoms. The first kappa shape index (κ1) is 81.2. The van der Waals surface area contributed by atoms with Crippen molar-refractivity contribution in [3.8, 4) is 0 Å². The fraction of sp³-hybridized carbons (Fsp3) is 0.423. The summed E-state index contributed by atoms with van der Waals surface area (Å²) in [6, 6.07) is 48.8. The summed E-state index contributed by atoms with van der Waals surface area (Å²) >= 11 is 0. The van der Waals surface area contributed by atoms with E-state index in [0.29, 0.717) is 39.4 Å². The largest absolute Gasteiger partial charge is 0.340 e. The van der Waals surface area contributed by atoms with E-state index in [1.54, 1.807) is 55.4 Å². The maximum Gasteiger partial charge on any atom is 0.159 e. The van der Waals surface area contributed by atoms with E-state index < -0.39 is 0 Å². The van der Waals surface area contributed by atoms with Crippen LogP contribution in [0.3, 0.4) is 0 Å². The molecule has 2 bridgehead atoms. The molecule has 4 aliphatic rings. The van der Waals surface area contributed by atoms with Crippen molar-refractivity contribution >= 4 is 133 Å². The van der Waals surface area contributed by atoms with Crippen molar-refractivity contribution in [2.75, 3.05) is 58.9 Å². The summed E-state index contributed by atoms with van der Waals surface area (Å²) in [7, 11) is 0. The Kier molecular flexibility index (Phi) is 25.9. The molecule has 2 atom stereocenters. The first-order chi connectivity index (χ1) is 54.4. The standard InChI is InChI=1S/C25H28N2O2.2C25H30N2O2.C22H26N2O2/c1-16(28)19-5-8-24-22(13-19)23-14-20(17(2)29)6-9-25(23)27(24)11-3-10-26-15-18-4-7-21(26)12-18;1-17-9-13-26(14-10-17)11-4-12-27-24-7-5-20(18(2)28)15-22(24)23-16-21(19(3)29)6-8-25(23)27;1-18(28)20-8-10-24-22(16-20)23-17-21(19(2)29)9-11-25(23)27(24)15-7-14-26-12-5-3-4-6-13-26;1-14(2)23-10-5-11-24-21-8-6-17(15(3)25)12-19(21)20-13-18(16(4)26)7-9-22(20)24/h5-6,8-9,13-14,18,21H,3-4,7,10-12,15H2,1-2H3;5-8,15-17H,4,9-14H2,1-3H3;8-11,16-17H,3-7,12-15H2,1-2H3;6-9,12-14,23H,5,10-11H2,1-4H3. The van der Waals surface area contributed by atoms with Gasteiger partial charge in [0.25, 0.3) is 0 Å². The molecule has 3 aliphatic heterocycles. The zero-order chi connectivity index (χ0) is 79.9. The Labute approximate surface area is 665 Å². The molecule has 0 radical (unpaired) electrons. The summed E-state index contributed by atoms with van der Waals surface area (Å²) in [6.45, 7) is 33.6. The molecule has 3 saturated heterocycles. The van der Waals surface area contributed by atoms with Crippen LogP contribution in [-0.4, -0.2) is 150 Å². The summed E-state index contributed by atoms with van der Waals surface area (Å²) in [6.07, 6.45) is 16.5. The van der Waals surface area contributed by atoms with E-state index in [2.05, 4.69) is 95.5 Å². The highest BCUT2D eigenvalue weighted by Gasteiger charge is 2.37. The number of aryl methyl sites for hydroxylation is 4. The normalized spacial score (nSPS) is 16.3. The number of likely N-dealkylation sites (tertiary alicyclic amines) is 3. The highest BCUT2D eigenvalue weighted by atomic mass is 16.2. The number of fused-ring (bicyclic) bond motifs is 14. The number of carbonyl (C=O) groups excluding carboxylic acids is 8. The Morgan fingerprint density at radius 3 is 0.841 bits per heavy atom. The minimum Gasteiger partial charge on any atom is -0.340 e. The van der Waals surface area contributed by atoms with Gasteiger partial charge in [-0.2, -0.15) is 0 Å². The third-order valence-corrected chi connectivity index (χ3v) is 24.5. The summed E-state index contributed by atoms with van der Waals surface area (Å²) < 4.78 is 9.37. The number of nitrogens with zero attached hydrogens (tertiary/aromatic N) is 7. The zero-order valence-electron chi connectivity index (χ0n) is 68.4. The number of hydrogen-bond donors (Lipinski definition) is 1. The summed E-state index contributed by atoms with van der Waals surface area (Å²) in [5.41, 5.74) is 14.8. The molecule has 1 N–H and O–H groups in total. The van der Waals surface area contributed by atoms with Crippen LogP contribution >= 0.6 is 0 Å². The highest BCUT2D eigenvalue weighted by molar-refractivity contribution is 6.17. The molecule has 16 heteroatoms. The zero-order valence-corrected chi connectivity index (χ0v) is 68.4. The van der Waals surface area contributed by atoms with Crippen molar-refractivity contribution in [3.63, 3.8) is 0 Å². The third kappa shape index (κ3) is 18.5. The average Bonchev–Trinajstić information content (AvgIpc) is 1.62. The monoisotopic (exact) mass is 1520 g/mol. The third-order valence-electron chi connectivity index (χ3n) is 24.5. The van der Waals surface area contributed by atoms with Gasteiger partial charge in [-0.3, -0.25) is 38.4 Å². The topological polar surface area (TPSA) is 178 Å². The minimum atomic E-state index is 0.0525. The molecule has 7 heterocycles. The van der Waals surface area contributed by atoms with Crippen molar-refractivity contribution in [3.05, 3.63) is 190 Å². The predicted molar refractivity (Wildman–Crippen MR) is 462 cm³/mol. The Bertz CT molecular complexity index is 5320. The second-order valence-corrected chi connectivity index (χ2v) is 33.0. The lowest BCUT2D eigenvalue weighted by Crippen LogP contribution is -2.33. The average molecular weight is 1520 g/mol. The SMILES string of the molecule is CC(=O)c1ccc2c(c1)c1cc(C(C)=O)ccc1n2CCCN1CC2CCC1C2.CC(=O)c1ccc2c(c1)c1cc(C(C)=O)ccc1n2CCCN1CCC(C)CC1.CC(=O)c1ccc2c(c1)c1cc(C(C)=O)ccc1n2CCCN1CCCCCC1.CC(=O)c1ccc2c(c1)c1cc(C(C)=O)ccc1n2CCCNC(C)C. The number of benzene rings is 8. The van der Waals surface area contributed by atoms with Gasteiger partial charge in [0.1, 0.15) is 0 Å². The van der Waals surface area contributed by atoms with Crippen LogP contribution in [0.15, 0.2) is 146 Å². The van der Waals surface area contributed by atoms with E-state index in [9.17, 15) is 38.4 Å². The predicted octanol–water partition coefficient (Wildman–Crippen LogP) is 20.4. The van der Waals surface area contributed by atoms with Crippen LogP contribution in [0.2, 0.25) is 0 Å². The van der Waals surface area contributed by atoms with E-state index in [4.69, 9.17) is 0 Å². The lowest BCUT2D eigenvalue weighted by Gasteiger charge is -2.30. The fourth-order valence-corrected chi connectivity index (χ4v) is 18.0. The van der Waals surface area contributed by atoms with Crippen LogP contribution in [-0.2, 0) is 26.2 Å². The van der Waals surface area contributed by atoms with E-state index in [1.807, 2.05) is 109 Å². The Balaban J connectivity index is 0.000000132. The minimum absolute atomic E-state index is 0.0525. The lowest BCUT2D eigenvalue weighted by atomic mass is 9.99. The smallest absolute Gasteiger partial charge is 0.159 e. The van der Waals surface area contributed by atoms with Gasteiger partial charge < -0.3 is 38.3 Å². The number of ketones is 8. The van der Waals surface area contributed by atoms with E-state index in [1.165, 1.54) is 90.5 Å². The maximum absolute atomic E-state index is 11.9. The summed E-state index contributed by atoms with van der Waals surface area (Å²) in [4.78, 5) is 103. The van der Waals surface area contributed by atoms with Crippen molar-refractivity contribution in [2.45, 2.75) is 198 Å². The molecule has 590 valence electrons. The van der Waals surface area contributed by atoms with Gasteiger partial charge in [0.15, 0.2) is 46.3 Å². The molecular weight excluding hydrogens is 1410 g/mol. The number of nitrogens with one attached hydrogen (secondary N) is 1. The van der Waals surface area contributed by atoms with Crippen LogP contribution in [0, 0.1) is 11.8 Å². The van der Waals surface area contributed by atoms with Gasteiger partial charge in [-0.15, -0.1) is 0 Å².